The van der Waals surface area contributed by atoms with E-state index in [1.54, 1.807) is 12.1 Å². The zero-order valence-electron chi connectivity index (χ0n) is 13.8. The van der Waals surface area contributed by atoms with E-state index in [0.29, 0.717) is 12.7 Å². The Morgan fingerprint density at radius 3 is 2.87 bits per heavy atom. The van der Waals surface area contributed by atoms with Crippen molar-refractivity contribution in [3.05, 3.63) is 30.1 Å². The minimum absolute atomic E-state index is 0.0806. The first kappa shape index (κ1) is 14.9. The minimum atomic E-state index is -0.172. The van der Waals surface area contributed by atoms with Gasteiger partial charge in [0.25, 0.3) is 0 Å². The number of hydrogen-bond acceptors (Lipinski definition) is 4. The highest BCUT2D eigenvalue weighted by Gasteiger charge is 2.50. The van der Waals surface area contributed by atoms with Gasteiger partial charge in [0.1, 0.15) is 23.9 Å². The van der Waals surface area contributed by atoms with Gasteiger partial charge in [0.2, 0.25) is 0 Å². The second-order valence-corrected chi connectivity index (χ2v) is 7.07. The highest BCUT2D eigenvalue weighted by molar-refractivity contribution is 5.97. The lowest BCUT2D eigenvalue weighted by molar-refractivity contribution is 0.305. The first-order valence-electron chi connectivity index (χ1n) is 8.75. The van der Waals surface area contributed by atoms with Gasteiger partial charge in [0.05, 0.1) is 0 Å². The summed E-state index contributed by atoms with van der Waals surface area (Å²) < 4.78 is 13.8. The minimum Gasteiger partial charge on any atom is -0.358 e. The summed E-state index contributed by atoms with van der Waals surface area (Å²) in [5, 5.41) is 3.55. The van der Waals surface area contributed by atoms with Crippen LogP contribution in [-0.4, -0.2) is 48.6 Å². The molecule has 2 saturated heterocycles. The number of amidine groups is 1. The molecule has 0 amide bonds. The lowest BCUT2D eigenvalue weighted by atomic mass is 9.81. The molecule has 23 heavy (non-hydrogen) atoms. The van der Waals surface area contributed by atoms with Gasteiger partial charge in [-0.2, -0.15) is 0 Å². The van der Waals surface area contributed by atoms with Gasteiger partial charge in [-0.15, -0.1) is 0 Å². The summed E-state index contributed by atoms with van der Waals surface area (Å²) in [7, 11) is 0. The molecule has 1 N–H and O–H groups in total. The molecule has 5 heteroatoms. The van der Waals surface area contributed by atoms with Crippen molar-refractivity contribution in [3.63, 3.8) is 0 Å². The molecule has 2 atom stereocenters. The highest BCUT2D eigenvalue weighted by Crippen LogP contribution is 2.39. The van der Waals surface area contributed by atoms with E-state index in [4.69, 9.17) is 4.99 Å². The molecule has 1 spiro atoms. The van der Waals surface area contributed by atoms with Gasteiger partial charge in [-0.3, -0.25) is 0 Å². The predicted molar refractivity (Wildman–Crippen MR) is 91.4 cm³/mol. The van der Waals surface area contributed by atoms with Gasteiger partial charge in [0, 0.05) is 24.8 Å². The monoisotopic (exact) mass is 316 g/mol. The molecule has 0 saturated carbocycles. The average Bonchev–Trinajstić information content (AvgIpc) is 3.15. The molecule has 2 fully saturated rings. The van der Waals surface area contributed by atoms with Crippen LogP contribution in [0.1, 0.15) is 32.6 Å². The smallest absolute Gasteiger partial charge is 0.127 e. The van der Waals surface area contributed by atoms with E-state index in [1.807, 2.05) is 6.07 Å². The van der Waals surface area contributed by atoms with Crippen molar-refractivity contribution < 1.29 is 4.39 Å². The summed E-state index contributed by atoms with van der Waals surface area (Å²) >= 11 is 0. The maximum atomic E-state index is 13.8. The predicted octanol–water partition coefficient (Wildman–Crippen LogP) is 2.61. The lowest BCUT2D eigenvalue weighted by Crippen LogP contribution is -2.62. The molecule has 124 valence electrons. The first-order valence-corrected chi connectivity index (χ1v) is 8.75. The first-order chi connectivity index (χ1) is 11.2. The maximum absolute atomic E-state index is 13.8. The second-order valence-electron chi connectivity index (χ2n) is 7.07. The Labute approximate surface area is 137 Å². The molecule has 1 aromatic carbocycles. The number of anilines is 1. The summed E-state index contributed by atoms with van der Waals surface area (Å²) in [6.45, 7) is 6.09. The number of likely N-dealkylation sites (tertiary alicyclic amines) is 1. The zero-order chi connectivity index (χ0) is 15.9. The van der Waals surface area contributed by atoms with Crippen LogP contribution in [0.4, 0.5) is 10.1 Å². The van der Waals surface area contributed by atoms with E-state index in [1.165, 1.54) is 24.7 Å². The number of benzene rings is 1. The summed E-state index contributed by atoms with van der Waals surface area (Å²) in [5.41, 5.74) is 0.875. The van der Waals surface area contributed by atoms with Crippen molar-refractivity contribution in [2.45, 2.75) is 44.2 Å². The Hall–Kier alpha value is -1.62. The van der Waals surface area contributed by atoms with Gasteiger partial charge in [-0.25, -0.2) is 9.38 Å². The van der Waals surface area contributed by atoms with Crippen molar-refractivity contribution in [1.82, 2.24) is 10.2 Å². The third kappa shape index (κ3) is 2.51. The topological polar surface area (TPSA) is 30.9 Å². The van der Waals surface area contributed by atoms with Crippen molar-refractivity contribution in [3.8, 4) is 0 Å². The molecule has 3 heterocycles. The van der Waals surface area contributed by atoms with Gasteiger partial charge in [-0.05, 0) is 57.4 Å². The molecule has 4 rings (SSSR count). The Morgan fingerprint density at radius 2 is 2.13 bits per heavy atom. The number of rotatable bonds is 1. The quantitative estimate of drug-likeness (QED) is 0.864. The average molecular weight is 316 g/mol. The molecule has 1 aromatic rings. The second kappa shape index (κ2) is 5.78. The van der Waals surface area contributed by atoms with E-state index in [-0.39, 0.29) is 11.4 Å². The molecule has 3 aliphatic rings. The van der Waals surface area contributed by atoms with Gasteiger partial charge < -0.3 is 15.1 Å². The van der Waals surface area contributed by atoms with Crippen LogP contribution < -0.4 is 10.2 Å². The van der Waals surface area contributed by atoms with Crippen molar-refractivity contribution >= 4 is 11.5 Å². The fraction of sp³-hybridized carbons (Fsp3) is 0.611. The summed E-state index contributed by atoms with van der Waals surface area (Å²) in [5.74, 6) is 1.07. The summed E-state index contributed by atoms with van der Waals surface area (Å²) in [4.78, 5) is 9.74. The van der Waals surface area contributed by atoms with Crippen molar-refractivity contribution in [1.29, 1.82) is 0 Å². The Bertz CT molecular complexity index is 611. The summed E-state index contributed by atoms with van der Waals surface area (Å²) in [6.07, 6.45) is 4.56. The summed E-state index contributed by atoms with van der Waals surface area (Å²) in [6, 6.07) is 7.43. The molecular formula is C18H25FN4. The van der Waals surface area contributed by atoms with Crippen LogP contribution in [0, 0.1) is 5.82 Å². The number of nitrogens with zero attached hydrogens (tertiary/aromatic N) is 3. The van der Waals surface area contributed by atoms with E-state index in [2.05, 4.69) is 22.0 Å². The van der Waals surface area contributed by atoms with Crippen LogP contribution in [-0.2, 0) is 0 Å². The number of nitrogens with one attached hydrogen (secondary N) is 1. The molecule has 0 aliphatic carbocycles. The normalized spacial score (nSPS) is 31.0. The zero-order valence-corrected chi connectivity index (χ0v) is 13.8. The van der Waals surface area contributed by atoms with E-state index < -0.39 is 0 Å². The fourth-order valence-electron chi connectivity index (χ4n) is 4.49. The standard InChI is InChI=1S/C18H25FN4/c1-14-12-18(7-8-20-14)17(22-9-2-3-10-22)21-13-23(18)16-6-4-5-15(19)11-16/h4-6,11,14,20H,2-3,7-10,12-13H2,1H3. The Balaban J connectivity index is 1.72. The highest BCUT2D eigenvalue weighted by atomic mass is 19.1. The van der Waals surface area contributed by atoms with Crippen LogP contribution in [0.2, 0.25) is 0 Å². The fourth-order valence-corrected chi connectivity index (χ4v) is 4.49. The molecule has 3 aliphatic heterocycles. The Morgan fingerprint density at radius 1 is 1.30 bits per heavy atom. The van der Waals surface area contributed by atoms with Gasteiger partial charge in [0.15, 0.2) is 0 Å². The van der Waals surface area contributed by atoms with Crippen molar-refractivity contribution in [2.75, 3.05) is 31.2 Å². The van der Waals surface area contributed by atoms with Gasteiger partial charge in [-0.1, -0.05) is 6.07 Å². The Kier molecular flexibility index (Phi) is 3.76. The molecule has 4 nitrogen and oxygen atoms in total. The van der Waals surface area contributed by atoms with E-state index in [9.17, 15) is 4.39 Å². The number of aliphatic imine (C=N–C) groups is 1. The molecule has 0 aromatic heterocycles. The van der Waals surface area contributed by atoms with E-state index >= 15 is 0 Å². The third-order valence-electron chi connectivity index (χ3n) is 5.50. The molecular weight excluding hydrogens is 291 g/mol. The van der Waals surface area contributed by atoms with E-state index in [0.717, 1.165) is 38.2 Å². The van der Waals surface area contributed by atoms with Crippen LogP contribution in [0.15, 0.2) is 29.3 Å². The number of hydrogen-bond donors (Lipinski definition) is 1. The lowest BCUT2D eigenvalue weighted by Gasteiger charge is -2.47. The van der Waals surface area contributed by atoms with Gasteiger partial charge >= 0.3 is 0 Å². The molecule has 2 unspecified atom stereocenters. The van der Waals surface area contributed by atoms with Crippen molar-refractivity contribution in [2.24, 2.45) is 4.99 Å². The SMILES string of the molecule is CC1CC2(CCN1)C(N1CCCC1)=NCN2c1cccc(F)c1. The molecule has 0 radical (unpaired) electrons. The molecule has 0 bridgehead atoms. The third-order valence-corrected chi connectivity index (χ3v) is 5.50. The maximum Gasteiger partial charge on any atom is 0.127 e. The van der Waals surface area contributed by atoms with Crippen LogP contribution in [0.25, 0.3) is 0 Å². The van der Waals surface area contributed by atoms with Crippen LogP contribution in [0.5, 0.6) is 0 Å². The number of halogens is 1. The van der Waals surface area contributed by atoms with Crippen LogP contribution >= 0.6 is 0 Å². The van der Waals surface area contributed by atoms with Crippen LogP contribution in [0.3, 0.4) is 0 Å². The number of piperidine rings is 1. The largest absolute Gasteiger partial charge is 0.358 e.